The summed E-state index contributed by atoms with van der Waals surface area (Å²) in [4.78, 5) is 29.0. The number of hydrogen-bond donors (Lipinski definition) is 2. The number of anilines is 3. The van der Waals surface area contributed by atoms with E-state index in [4.69, 9.17) is 4.74 Å². The van der Waals surface area contributed by atoms with Gasteiger partial charge in [-0.3, -0.25) is 4.79 Å². The summed E-state index contributed by atoms with van der Waals surface area (Å²) in [6.07, 6.45) is 8.17. The fourth-order valence-corrected chi connectivity index (χ4v) is 4.72. The first-order valence-corrected chi connectivity index (χ1v) is 12.8. The van der Waals surface area contributed by atoms with Crippen molar-refractivity contribution in [1.29, 1.82) is 0 Å². The number of nitrogens with zero attached hydrogens (tertiary/aromatic N) is 5. The highest BCUT2D eigenvalue weighted by atomic mass is 32.1. The second-order valence-corrected chi connectivity index (χ2v) is 9.44. The average molecular weight is 502 g/mol. The molecule has 1 aliphatic heterocycles. The van der Waals surface area contributed by atoms with Crippen molar-refractivity contribution < 1.29 is 4.74 Å². The number of piperidine rings is 1. The van der Waals surface area contributed by atoms with E-state index in [1.54, 1.807) is 18.5 Å². The van der Waals surface area contributed by atoms with Crippen molar-refractivity contribution in [1.82, 2.24) is 24.4 Å². The Balaban J connectivity index is 1.41. The molecule has 1 aliphatic rings. The minimum absolute atomic E-state index is 0.295. The largest absolute Gasteiger partial charge is 0.447 e. The number of aromatic nitrogens is 4. The smallest absolute Gasteiger partial charge is 0.274 e. The third-order valence-corrected chi connectivity index (χ3v) is 6.74. The molecule has 0 aliphatic carbocycles. The van der Waals surface area contributed by atoms with Gasteiger partial charge in [0.05, 0.1) is 12.2 Å². The third kappa shape index (κ3) is 5.32. The summed E-state index contributed by atoms with van der Waals surface area (Å²) in [5, 5.41) is 9.87. The molecule has 0 atom stereocenters. The number of rotatable bonds is 6. The van der Waals surface area contributed by atoms with Crippen LogP contribution in [0.3, 0.4) is 0 Å². The molecule has 1 fully saturated rings. The average Bonchev–Trinajstić information content (AvgIpc) is 3.42. The van der Waals surface area contributed by atoms with E-state index in [1.807, 2.05) is 24.4 Å². The number of pyridine rings is 1. The Morgan fingerprint density at radius 3 is 2.67 bits per heavy atom. The lowest BCUT2D eigenvalue weighted by Crippen LogP contribution is -2.36. The van der Waals surface area contributed by atoms with Gasteiger partial charge in [0.2, 0.25) is 5.95 Å². The number of thiazole rings is 1. The van der Waals surface area contributed by atoms with Gasteiger partial charge in [0.1, 0.15) is 6.11 Å². The van der Waals surface area contributed by atoms with E-state index in [1.165, 1.54) is 15.9 Å². The number of fused-ring (bicyclic) bond motifs is 1. The molecule has 2 N–H and O–H groups in total. The fourth-order valence-electron chi connectivity index (χ4n) is 4.08. The van der Waals surface area contributed by atoms with E-state index in [9.17, 15) is 4.79 Å². The number of benzene rings is 1. The van der Waals surface area contributed by atoms with Crippen LogP contribution in [0.1, 0.15) is 25.3 Å². The maximum Gasteiger partial charge on any atom is 0.274 e. The molecule has 4 aromatic rings. The molecule has 5 rings (SSSR count). The van der Waals surface area contributed by atoms with E-state index in [-0.39, 0.29) is 5.56 Å². The van der Waals surface area contributed by atoms with Gasteiger partial charge in [0.15, 0.2) is 10.8 Å². The Morgan fingerprint density at radius 2 is 1.94 bits per heavy atom. The number of nitrogens with one attached hydrogen (secondary N) is 2. The molecular weight excluding hydrogens is 474 g/mol. The Morgan fingerprint density at radius 1 is 1.17 bits per heavy atom. The minimum Gasteiger partial charge on any atom is -0.447 e. The molecule has 36 heavy (non-hydrogen) atoms. The lowest BCUT2D eigenvalue weighted by Gasteiger charge is -2.30. The van der Waals surface area contributed by atoms with E-state index in [0.29, 0.717) is 40.3 Å². The van der Waals surface area contributed by atoms with Crippen molar-refractivity contribution in [2.45, 2.75) is 25.8 Å². The van der Waals surface area contributed by atoms with Crippen molar-refractivity contribution in [3.63, 3.8) is 0 Å². The summed E-state index contributed by atoms with van der Waals surface area (Å²) in [7, 11) is 2.16. The van der Waals surface area contributed by atoms with Gasteiger partial charge in [-0.15, -0.1) is 11.3 Å². The predicted octanol–water partition coefficient (Wildman–Crippen LogP) is 3.83. The van der Waals surface area contributed by atoms with Crippen LogP contribution in [0.2, 0.25) is 0 Å². The van der Waals surface area contributed by atoms with Crippen molar-refractivity contribution in [3.05, 3.63) is 64.0 Å². The first kappa shape index (κ1) is 23.8. The maximum absolute atomic E-state index is 13.2. The zero-order chi connectivity index (χ0) is 24.9. The Bertz CT molecular complexity index is 1450. The van der Waals surface area contributed by atoms with Crippen molar-refractivity contribution in [2.75, 3.05) is 37.4 Å². The Hall–Kier alpha value is -3.94. The number of ether oxygens (including phenoxy) is 1. The molecule has 184 valence electrons. The normalized spacial score (nSPS) is 14.3. The first-order valence-electron chi connectivity index (χ1n) is 11.9. The zero-order valence-electron chi connectivity index (χ0n) is 20.2. The fraction of sp³-hybridized carbons (Fsp3) is 0.308. The summed E-state index contributed by atoms with van der Waals surface area (Å²) in [6.45, 7) is 4.51. The second kappa shape index (κ2) is 10.8. The summed E-state index contributed by atoms with van der Waals surface area (Å²) >= 11 is 1.35. The monoisotopic (exact) mass is 501 g/mol. The lowest BCUT2D eigenvalue weighted by atomic mass is 10.1. The van der Waals surface area contributed by atoms with Crippen LogP contribution in [0.25, 0.3) is 16.2 Å². The molecule has 0 amide bonds. The van der Waals surface area contributed by atoms with Crippen molar-refractivity contribution >= 4 is 39.7 Å². The van der Waals surface area contributed by atoms with Gasteiger partial charge in [0, 0.05) is 40.6 Å². The highest BCUT2D eigenvalue weighted by Gasteiger charge is 2.17. The van der Waals surface area contributed by atoms with Crippen LogP contribution >= 0.6 is 11.3 Å². The van der Waals surface area contributed by atoms with E-state index in [2.05, 4.69) is 61.7 Å². The quantitative estimate of drug-likeness (QED) is 0.385. The summed E-state index contributed by atoms with van der Waals surface area (Å²) < 4.78 is 6.58. The van der Waals surface area contributed by atoms with Gasteiger partial charge in [-0.05, 0) is 76.2 Å². The van der Waals surface area contributed by atoms with Gasteiger partial charge in [-0.1, -0.05) is 0 Å². The third-order valence-electron chi connectivity index (χ3n) is 5.98. The Kier molecular flexibility index (Phi) is 7.11. The first-order chi connectivity index (χ1) is 17.6. The minimum atomic E-state index is -0.307. The van der Waals surface area contributed by atoms with Crippen molar-refractivity contribution in [3.8, 4) is 17.2 Å². The van der Waals surface area contributed by atoms with E-state index in [0.717, 1.165) is 37.3 Å². The molecule has 3 aromatic heterocycles. The molecule has 0 radical (unpaired) electrons. The zero-order valence-corrected chi connectivity index (χ0v) is 21.0. The topological polar surface area (TPSA) is 97.2 Å². The van der Waals surface area contributed by atoms with Gasteiger partial charge >= 0.3 is 0 Å². The number of hydrogen-bond acceptors (Lipinski definition) is 9. The molecular formula is C26H27N7O2S. The summed E-state index contributed by atoms with van der Waals surface area (Å²) in [5.41, 5.74) is 2.38. The summed E-state index contributed by atoms with van der Waals surface area (Å²) in [5.74, 6) is 3.18. The Labute approximate surface area is 213 Å². The standard InChI is InChI=1S/C26H27N7O2S/c1-3-35-14-10-18-16-19-17-28-25(31-23(19)33(24(18)34)26-27-11-15-36-26)30-21-6-4-20(5-7-21)29-22-8-12-32(2)13-9-22/h4-7,11,15-17,22,29H,3,8-9,12-13H2,1-2H3,(H,28,30,31). The van der Waals surface area contributed by atoms with Crippen LogP contribution in [-0.4, -0.2) is 57.2 Å². The molecule has 0 saturated carbocycles. The molecule has 0 unspecified atom stereocenters. The van der Waals surface area contributed by atoms with E-state index >= 15 is 0 Å². The van der Waals surface area contributed by atoms with Crippen molar-refractivity contribution in [2.24, 2.45) is 0 Å². The SMILES string of the molecule is CCOC#Cc1cc2cnc(Nc3ccc(NC4CCN(C)CC4)cc3)nc2n(-c2nccs2)c1=O. The lowest BCUT2D eigenvalue weighted by molar-refractivity contribution is 0.264. The van der Waals surface area contributed by atoms with Gasteiger partial charge in [-0.25, -0.2) is 14.5 Å². The predicted molar refractivity (Wildman–Crippen MR) is 143 cm³/mol. The molecule has 0 bridgehead atoms. The molecule has 1 aromatic carbocycles. The summed E-state index contributed by atoms with van der Waals surface area (Å²) in [6, 6.07) is 10.3. The number of likely N-dealkylation sites (tertiary alicyclic amines) is 1. The second-order valence-electron chi connectivity index (χ2n) is 8.57. The van der Waals surface area contributed by atoms with Crippen LogP contribution in [-0.2, 0) is 4.74 Å². The highest BCUT2D eigenvalue weighted by Crippen LogP contribution is 2.22. The molecule has 10 heteroatoms. The van der Waals surface area contributed by atoms with Crippen LogP contribution in [0.5, 0.6) is 0 Å². The molecule has 1 saturated heterocycles. The molecule has 4 heterocycles. The molecule has 9 nitrogen and oxygen atoms in total. The van der Waals surface area contributed by atoms with Crippen LogP contribution in [0.4, 0.5) is 17.3 Å². The van der Waals surface area contributed by atoms with Gasteiger partial charge in [0.25, 0.3) is 5.56 Å². The van der Waals surface area contributed by atoms with Gasteiger partial charge < -0.3 is 20.3 Å². The van der Waals surface area contributed by atoms with E-state index < -0.39 is 0 Å². The highest BCUT2D eigenvalue weighted by molar-refractivity contribution is 7.12. The molecule has 0 spiro atoms. The van der Waals surface area contributed by atoms with Crippen LogP contribution in [0.15, 0.2) is 52.9 Å². The maximum atomic E-state index is 13.2. The van der Waals surface area contributed by atoms with Crippen LogP contribution in [0, 0.1) is 12.0 Å². The van der Waals surface area contributed by atoms with Crippen LogP contribution < -0.4 is 16.2 Å². The van der Waals surface area contributed by atoms with Gasteiger partial charge in [-0.2, -0.15) is 4.98 Å².